The van der Waals surface area contributed by atoms with Crippen molar-refractivity contribution >= 4 is 22.9 Å². The molecule has 1 aliphatic rings. The number of rotatable bonds is 8. The largest absolute Gasteiger partial charge is 0.497 e. The topological polar surface area (TPSA) is 73.8 Å². The molecule has 0 radical (unpaired) electrons. The number of benzene rings is 2. The number of ether oxygens (including phenoxy) is 3. The second-order valence-corrected chi connectivity index (χ2v) is 9.24. The van der Waals surface area contributed by atoms with Gasteiger partial charge in [0.15, 0.2) is 6.61 Å². The van der Waals surface area contributed by atoms with Crippen LogP contribution in [0.25, 0.3) is 22.0 Å². The molecule has 8 heteroatoms. The van der Waals surface area contributed by atoms with Gasteiger partial charge >= 0.3 is 0 Å². The number of fused-ring (bicyclic) bond motifs is 1. The van der Waals surface area contributed by atoms with Gasteiger partial charge in [0.25, 0.3) is 5.91 Å². The number of carbonyl (C=O) groups is 1. The number of amides is 1. The van der Waals surface area contributed by atoms with E-state index in [-0.39, 0.29) is 12.5 Å². The second kappa shape index (κ2) is 10.1. The Hall–Kier alpha value is -3.91. The van der Waals surface area contributed by atoms with Crippen molar-refractivity contribution in [2.24, 2.45) is 0 Å². The quantitative estimate of drug-likeness (QED) is 0.311. The molecule has 0 N–H and O–H groups in total. The van der Waals surface area contributed by atoms with E-state index in [1.807, 2.05) is 60.7 Å². The van der Waals surface area contributed by atoms with Gasteiger partial charge in [-0.15, -0.1) is 11.3 Å². The smallest absolute Gasteiger partial charge is 0.265 e. The third-order valence-corrected chi connectivity index (χ3v) is 6.70. The fourth-order valence-corrected chi connectivity index (χ4v) is 4.85. The summed E-state index contributed by atoms with van der Waals surface area (Å²) in [5.41, 5.74) is 3.44. The van der Waals surface area contributed by atoms with Crippen molar-refractivity contribution in [3.63, 3.8) is 0 Å². The van der Waals surface area contributed by atoms with E-state index >= 15 is 0 Å². The Morgan fingerprint density at radius 2 is 1.91 bits per heavy atom. The predicted molar refractivity (Wildman–Crippen MR) is 136 cm³/mol. The van der Waals surface area contributed by atoms with Crippen molar-refractivity contribution in [1.82, 2.24) is 9.97 Å². The number of nitrogens with zero attached hydrogens (tertiary/aromatic N) is 3. The van der Waals surface area contributed by atoms with E-state index < -0.39 is 0 Å². The highest BCUT2D eigenvalue weighted by molar-refractivity contribution is 7.15. The number of anilines is 1. The van der Waals surface area contributed by atoms with E-state index in [1.54, 1.807) is 29.5 Å². The molecule has 0 spiro atoms. The third kappa shape index (κ3) is 4.97. The zero-order valence-corrected chi connectivity index (χ0v) is 20.4. The lowest BCUT2D eigenvalue weighted by Crippen LogP contribution is -2.39. The van der Waals surface area contributed by atoms with E-state index in [2.05, 4.69) is 11.9 Å². The Bertz CT molecular complexity index is 1320. The molecule has 1 amide bonds. The lowest BCUT2D eigenvalue weighted by molar-refractivity contribution is -0.121. The maximum absolute atomic E-state index is 12.7. The molecule has 1 aliphatic heterocycles. The first-order valence-corrected chi connectivity index (χ1v) is 12.2. The Kier molecular flexibility index (Phi) is 6.63. The number of aryl methyl sites for hydroxylation is 1. The minimum absolute atomic E-state index is 0.0330. The number of thiazole rings is 1. The van der Waals surface area contributed by atoms with Crippen molar-refractivity contribution < 1.29 is 19.0 Å². The van der Waals surface area contributed by atoms with Gasteiger partial charge in [-0.05, 0) is 67.9 Å². The van der Waals surface area contributed by atoms with E-state index in [0.29, 0.717) is 25.3 Å². The maximum Gasteiger partial charge on any atom is 0.265 e. The van der Waals surface area contributed by atoms with Gasteiger partial charge in [-0.25, -0.2) is 4.98 Å². The minimum atomic E-state index is -0.0664. The SMILES string of the molecule is COc1ccc(OCCCN2C(=O)COc3ccc(-c4nc(-c5ccccn5)sc4C)cc32)cc1. The summed E-state index contributed by atoms with van der Waals surface area (Å²) in [4.78, 5) is 24.9. The van der Waals surface area contributed by atoms with Crippen molar-refractivity contribution in [2.75, 3.05) is 31.8 Å². The molecule has 2 aromatic heterocycles. The number of hydrogen-bond donors (Lipinski definition) is 0. The van der Waals surface area contributed by atoms with Crippen molar-refractivity contribution in [1.29, 1.82) is 0 Å². The Morgan fingerprint density at radius 3 is 2.69 bits per heavy atom. The van der Waals surface area contributed by atoms with Gasteiger partial charge in [-0.2, -0.15) is 0 Å². The summed E-state index contributed by atoms with van der Waals surface area (Å²) in [7, 11) is 1.63. The molecule has 0 saturated heterocycles. The van der Waals surface area contributed by atoms with Gasteiger partial charge in [0.2, 0.25) is 0 Å². The maximum atomic E-state index is 12.7. The highest BCUT2D eigenvalue weighted by Crippen LogP contribution is 2.39. The van der Waals surface area contributed by atoms with E-state index in [9.17, 15) is 4.79 Å². The van der Waals surface area contributed by atoms with Crippen LogP contribution in [0.15, 0.2) is 66.9 Å². The average molecular weight is 488 g/mol. The summed E-state index contributed by atoms with van der Waals surface area (Å²) in [6.07, 6.45) is 2.45. The van der Waals surface area contributed by atoms with Crippen LogP contribution >= 0.6 is 11.3 Å². The van der Waals surface area contributed by atoms with Gasteiger partial charge in [0.05, 0.1) is 30.8 Å². The highest BCUT2D eigenvalue weighted by Gasteiger charge is 2.26. The number of carbonyl (C=O) groups excluding carboxylic acids is 1. The molecule has 0 unspecified atom stereocenters. The normalized spacial score (nSPS) is 12.7. The number of aromatic nitrogens is 2. The molecule has 0 aliphatic carbocycles. The van der Waals surface area contributed by atoms with Crippen LogP contribution in [-0.2, 0) is 4.79 Å². The monoisotopic (exact) mass is 487 g/mol. The first-order valence-electron chi connectivity index (χ1n) is 11.4. The second-order valence-electron chi connectivity index (χ2n) is 8.03. The Labute approximate surface area is 207 Å². The molecule has 5 rings (SSSR count). The molecule has 0 saturated carbocycles. The van der Waals surface area contributed by atoms with E-state index in [1.165, 1.54) is 0 Å². The van der Waals surface area contributed by atoms with Gasteiger partial charge in [-0.1, -0.05) is 6.07 Å². The average Bonchev–Trinajstić information content (AvgIpc) is 3.29. The summed E-state index contributed by atoms with van der Waals surface area (Å²) in [5, 5.41) is 0.871. The summed E-state index contributed by atoms with van der Waals surface area (Å²) in [6.45, 7) is 3.11. The van der Waals surface area contributed by atoms with Crippen LogP contribution in [0.4, 0.5) is 5.69 Å². The van der Waals surface area contributed by atoms with Crippen LogP contribution in [0.3, 0.4) is 0 Å². The number of hydrogen-bond acceptors (Lipinski definition) is 7. The summed E-state index contributed by atoms with van der Waals surface area (Å²) >= 11 is 1.61. The standard InChI is InChI=1S/C27H25N3O4S/c1-18-26(29-27(35-18)22-6-3-4-13-28-22)19-7-12-24-23(16-19)30(25(31)17-34-24)14-5-15-33-21-10-8-20(32-2)9-11-21/h3-4,6-13,16H,5,14-15,17H2,1-2H3. The highest BCUT2D eigenvalue weighted by atomic mass is 32.1. The minimum Gasteiger partial charge on any atom is -0.497 e. The molecule has 0 atom stereocenters. The molecule has 4 aromatic rings. The lowest BCUT2D eigenvalue weighted by atomic mass is 10.1. The number of pyridine rings is 1. The van der Waals surface area contributed by atoms with Crippen LogP contribution in [0.1, 0.15) is 11.3 Å². The van der Waals surface area contributed by atoms with Gasteiger partial charge in [0.1, 0.15) is 22.3 Å². The Morgan fingerprint density at radius 1 is 1.09 bits per heavy atom. The van der Waals surface area contributed by atoms with Crippen molar-refractivity contribution in [3.05, 3.63) is 71.7 Å². The molecule has 0 bridgehead atoms. The lowest BCUT2D eigenvalue weighted by Gasteiger charge is -2.29. The van der Waals surface area contributed by atoms with Gasteiger partial charge < -0.3 is 19.1 Å². The molecule has 35 heavy (non-hydrogen) atoms. The van der Waals surface area contributed by atoms with Gasteiger partial charge in [-0.3, -0.25) is 9.78 Å². The third-order valence-electron chi connectivity index (χ3n) is 5.71. The Balaban J connectivity index is 1.32. The zero-order chi connectivity index (χ0) is 24.2. The number of methoxy groups -OCH3 is 1. The van der Waals surface area contributed by atoms with Gasteiger partial charge in [0, 0.05) is 23.2 Å². The molecule has 178 valence electrons. The fraction of sp³-hybridized carbons (Fsp3) is 0.222. The fourth-order valence-electron chi connectivity index (χ4n) is 3.94. The van der Waals surface area contributed by atoms with Crippen molar-refractivity contribution in [3.8, 4) is 39.2 Å². The van der Waals surface area contributed by atoms with Crippen molar-refractivity contribution in [2.45, 2.75) is 13.3 Å². The molecule has 0 fully saturated rings. The molecule has 2 aromatic carbocycles. The first kappa shape index (κ1) is 22.9. The van der Waals surface area contributed by atoms with Crippen LogP contribution in [-0.4, -0.2) is 42.7 Å². The van der Waals surface area contributed by atoms with Crippen LogP contribution in [0.5, 0.6) is 17.2 Å². The summed E-state index contributed by atoms with van der Waals surface area (Å²) in [5.74, 6) is 2.18. The van der Waals surface area contributed by atoms with Crippen LogP contribution in [0, 0.1) is 6.92 Å². The molecule has 3 heterocycles. The zero-order valence-electron chi connectivity index (χ0n) is 19.6. The van der Waals surface area contributed by atoms with Crippen LogP contribution < -0.4 is 19.1 Å². The van der Waals surface area contributed by atoms with Crippen LogP contribution in [0.2, 0.25) is 0 Å². The summed E-state index contributed by atoms with van der Waals surface area (Å²) < 4.78 is 16.7. The summed E-state index contributed by atoms with van der Waals surface area (Å²) in [6, 6.07) is 19.2. The first-order chi connectivity index (χ1) is 17.1. The van der Waals surface area contributed by atoms with E-state index in [0.717, 1.165) is 44.0 Å². The molecular weight excluding hydrogens is 462 g/mol. The molecular formula is C27H25N3O4S. The predicted octanol–water partition coefficient (Wildman–Crippen LogP) is 5.38. The van der Waals surface area contributed by atoms with E-state index in [4.69, 9.17) is 19.2 Å². The molecule has 7 nitrogen and oxygen atoms in total.